The summed E-state index contributed by atoms with van der Waals surface area (Å²) in [4.78, 5) is 0. The third kappa shape index (κ3) is 3.29. The fourth-order valence-corrected chi connectivity index (χ4v) is 3.10. The molecule has 124 valence electrons. The maximum Gasteiger partial charge on any atom is 0.130 e. The molecule has 0 aliphatic heterocycles. The van der Waals surface area contributed by atoms with Gasteiger partial charge in [-0.2, -0.15) is 0 Å². The molecule has 0 unspecified atom stereocenters. The van der Waals surface area contributed by atoms with Gasteiger partial charge in [-0.3, -0.25) is 0 Å². The van der Waals surface area contributed by atoms with Crippen molar-refractivity contribution in [3.05, 3.63) is 84.4 Å². The third-order valence-corrected chi connectivity index (χ3v) is 4.40. The van der Waals surface area contributed by atoms with Crippen LogP contribution >= 0.6 is 0 Å². The summed E-state index contributed by atoms with van der Waals surface area (Å²) in [6.45, 7) is 3.11. The first-order chi connectivity index (χ1) is 12.3. The molecule has 0 heterocycles. The summed E-state index contributed by atoms with van der Waals surface area (Å²) in [5.74, 6) is 1.82. The van der Waals surface area contributed by atoms with Crippen LogP contribution in [0.4, 0.5) is 0 Å². The van der Waals surface area contributed by atoms with Crippen LogP contribution in [0.1, 0.15) is 5.56 Å². The lowest BCUT2D eigenvalue weighted by atomic mass is 10.1. The highest BCUT2D eigenvalue weighted by molar-refractivity contribution is 5.89. The predicted octanol–water partition coefficient (Wildman–Crippen LogP) is 5.76. The summed E-state index contributed by atoms with van der Waals surface area (Å²) in [6.07, 6.45) is 0. The third-order valence-electron chi connectivity index (χ3n) is 4.40. The van der Waals surface area contributed by atoms with Crippen molar-refractivity contribution in [1.82, 2.24) is 0 Å². The Balaban J connectivity index is 1.43. The van der Waals surface area contributed by atoms with Crippen molar-refractivity contribution in [1.29, 1.82) is 0 Å². The molecular formula is C23H20O2. The van der Waals surface area contributed by atoms with Crippen LogP contribution in [-0.2, 0) is 0 Å². The SMILES string of the molecule is Cc1ccc2ccccc2c1OCCOc1ccc2ccccc2c1. The predicted molar refractivity (Wildman–Crippen MR) is 104 cm³/mol. The molecule has 0 atom stereocenters. The van der Waals surface area contributed by atoms with Gasteiger partial charge in [0.25, 0.3) is 0 Å². The van der Waals surface area contributed by atoms with E-state index in [1.54, 1.807) is 0 Å². The summed E-state index contributed by atoms with van der Waals surface area (Å²) >= 11 is 0. The molecule has 0 aromatic heterocycles. The van der Waals surface area contributed by atoms with Gasteiger partial charge in [-0.05, 0) is 40.8 Å². The zero-order valence-electron chi connectivity index (χ0n) is 14.2. The van der Waals surface area contributed by atoms with Crippen LogP contribution in [-0.4, -0.2) is 13.2 Å². The Kier molecular flexibility index (Phi) is 4.26. The molecule has 4 aromatic carbocycles. The Hall–Kier alpha value is -3.00. The van der Waals surface area contributed by atoms with Crippen molar-refractivity contribution >= 4 is 21.5 Å². The molecule has 2 nitrogen and oxygen atoms in total. The standard InChI is InChI=1S/C23H20O2/c1-17-10-11-19-7-4-5-9-22(19)23(17)25-15-14-24-21-13-12-18-6-2-3-8-20(18)16-21/h2-13,16H,14-15H2,1H3. The number of rotatable bonds is 5. The monoisotopic (exact) mass is 328 g/mol. The number of aryl methyl sites for hydroxylation is 1. The van der Waals surface area contributed by atoms with E-state index in [0.717, 1.165) is 22.4 Å². The fourth-order valence-electron chi connectivity index (χ4n) is 3.10. The largest absolute Gasteiger partial charge is 0.490 e. The first-order valence-electron chi connectivity index (χ1n) is 8.54. The molecule has 0 saturated heterocycles. The van der Waals surface area contributed by atoms with Crippen LogP contribution in [0.25, 0.3) is 21.5 Å². The second-order valence-corrected chi connectivity index (χ2v) is 6.14. The molecule has 0 spiro atoms. The summed E-state index contributed by atoms with van der Waals surface area (Å²) in [6, 6.07) is 27.0. The molecule has 0 saturated carbocycles. The highest BCUT2D eigenvalue weighted by Crippen LogP contribution is 2.29. The normalized spacial score (nSPS) is 10.9. The van der Waals surface area contributed by atoms with Crippen molar-refractivity contribution in [3.8, 4) is 11.5 Å². The van der Waals surface area contributed by atoms with Crippen LogP contribution in [0.15, 0.2) is 78.9 Å². The molecule has 25 heavy (non-hydrogen) atoms. The van der Waals surface area contributed by atoms with Gasteiger partial charge in [0, 0.05) is 5.39 Å². The van der Waals surface area contributed by atoms with E-state index in [1.165, 1.54) is 16.2 Å². The second-order valence-electron chi connectivity index (χ2n) is 6.14. The summed E-state index contributed by atoms with van der Waals surface area (Å²) in [5.41, 5.74) is 1.14. The highest BCUT2D eigenvalue weighted by Gasteiger charge is 2.06. The molecule has 0 radical (unpaired) electrons. The Morgan fingerprint density at radius 1 is 0.640 bits per heavy atom. The zero-order chi connectivity index (χ0) is 17.1. The maximum atomic E-state index is 6.03. The van der Waals surface area contributed by atoms with E-state index in [4.69, 9.17) is 9.47 Å². The molecule has 0 aliphatic carbocycles. The molecule has 0 fully saturated rings. The molecule has 0 bridgehead atoms. The van der Waals surface area contributed by atoms with Gasteiger partial charge in [0.15, 0.2) is 0 Å². The topological polar surface area (TPSA) is 18.5 Å². The number of hydrogen-bond donors (Lipinski definition) is 0. The van der Waals surface area contributed by atoms with Crippen molar-refractivity contribution < 1.29 is 9.47 Å². The minimum absolute atomic E-state index is 0.515. The molecule has 4 rings (SSSR count). The number of fused-ring (bicyclic) bond motifs is 2. The van der Waals surface area contributed by atoms with Crippen LogP contribution in [0.2, 0.25) is 0 Å². The minimum Gasteiger partial charge on any atom is -0.490 e. The second kappa shape index (κ2) is 6.86. The average Bonchev–Trinajstić information content (AvgIpc) is 2.66. The van der Waals surface area contributed by atoms with Crippen molar-refractivity contribution in [2.24, 2.45) is 0 Å². The zero-order valence-corrected chi connectivity index (χ0v) is 14.2. The van der Waals surface area contributed by atoms with Gasteiger partial charge in [0.05, 0.1) is 0 Å². The Morgan fingerprint density at radius 3 is 2.20 bits per heavy atom. The fraction of sp³-hybridized carbons (Fsp3) is 0.130. The van der Waals surface area contributed by atoms with E-state index in [9.17, 15) is 0 Å². The number of benzene rings is 4. The van der Waals surface area contributed by atoms with Gasteiger partial charge in [-0.1, -0.05) is 66.7 Å². The van der Waals surface area contributed by atoms with Gasteiger partial charge in [-0.15, -0.1) is 0 Å². The number of ether oxygens (including phenoxy) is 2. The molecule has 0 amide bonds. The van der Waals surface area contributed by atoms with Gasteiger partial charge >= 0.3 is 0 Å². The lowest BCUT2D eigenvalue weighted by molar-refractivity contribution is 0.218. The van der Waals surface area contributed by atoms with Crippen LogP contribution < -0.4 is 9.47 Å². The molecule has 0 aliphatic rings. The van der Waals surface area contributed by atoms with E-state index in [0.29, 0.717) is 13.2 Å². The maximum absolute atomic E-state index is 6.03. The van der Waals surface area contributed by atoms with Gasteiger partial charge < -0.3 is 9.47 Å². The Labute approximate surface area is 147 Å². The summed E-state index contributed by atoms with van der Waals surface area (Å²) < 4.78 is 11.9. The van der Waals surface area contributed by atoms with E-state index < -0.39 is 0 Å². The van der Waals surface area contributed by atoms with Crippen molar-refractivity contribution in [3.63, 3.8) is 0 Å². The molecule has 2 heteroatoms. The van der Waals surface area contributed by atoms with Crippen LogP contribution in [0, 0.1) is 6.92 Å². The lowest BCUT2D eigenvalue weighted by Crippen LogP contribution is -2.09. The van der Waals surface area contributed by atoms with E-state index >= 15 is 0 Å². The van der Waals surface area contributed by atoms with Crippen molar-refractivity contribution in [2.45, 2.75) is 6.92 Å². The Bertz CT molecular complexity index is 1020. The smallest absolute Gasteiger partial charge is 0.130 e. The van der Waals surface area contributed by atoms with E-state index in [2.05, 4.69) is 55.5 Å². The molecule has 4 aromatic rings. The lowest BCUT2D eigenvalue weighted by Gasteiger charge is -2.13. The summed E-state index contributed by atoms with van der Waals surface area (Å²) in [7, 11) is 0. The quantitative estimate of drug-likeness (QED) is 0.434. The van der Waals surface area contributed by atoms with Crippen molar-refractivity contribution in [2.75, 3.05) is 13.2 Å². The van der Waals surface area contributed by atoms with E-state index in [1.807, 2.05) is 30.3 Å². The van der Waals surface area contributed by atoms with Gasteiger partial charge in [0.1, 0.15) is 24.7 Å². The van der Waals surface area contributed by atoms with E-state index in [-0.39, 0.29) is 0 Å². The first-order valence-corrected chi connectivity index (χ1v) is 8.54. The minimum atomic E-state index is 0.515. The highest BCUT2D eigenvalue weighted by atomic mass is 16.5. The number of hydrogen-bond acceptors (Lipinski definition) is 2. The van der Waals surface area contributed by atoms with Gasteiger partial charge in [0.2, 0.25) is 0 Å². The van der Waals surface area contributed by atoms with Crippen LogP contribution in [0.5, 0.6) is 11.5 Å². The molecule has 0 N–H and O–H groups in total. The summed E-state index contributed by atoms with van der Waals surface area (Å²) in [5, 5.41) is 4.75. The average molecular weight is 328 g/mol. The van der Waals surface area contributed by atoms with Gasteiger partial charge in [-0.25, -0.2) is 0 Å². The molecular weight excluding hydrogens is 308 g/mol. The first kappa shape index (κ1) is 15.5. The Morgan fingerprint density at radius 2 is 1.32 bits per heavy atom. The van der Waals surface area contributed by atoms with Crippen LogP contribution in [0.3, 0.4) is 0 Å².